The number of carboxylic acids is 1. The highest BCUT2D eigenvalue weighted by atomic mass is 16.5. The maximum absolute atomic E-state index is 12.0. The molecule has 0 aliphatic carbocycles. The van der Waals surface area contributed by atoms with E-state index in [1.807, 2.05) is 29.2 Å². The average Bonchev–Trinajstić information content (AvgIpc) is 2.70. The molecular formula is C22H28N2O4. The molecule has 2 aromatic rings. The zero-order valence-electron chi connectivity index (χ0n) is 16.5. The van der Waals surface area contributed by atoms with E-state index in [0.717, 1.165) is 18.7 Å². The second-order valence-electron chi connectivity index (χ2n) is 7.01. The molecule has 1 heterocycles. The van der Waals surface area contributed by atoms with Gasteiger partial charge in [-0.25, -0.2) is 0 Å². The van der Waals surface area contributed by atoms with E-state index in [2.05, 4.69) is 36.1 Å². The lowest BCUT2D eigenvalue weighted by Crippen LogP contribution is -2.49. The maximum Gasteiger partial charge on any atom is 0.325 e. The Labute approximate surface area is 166 Å². The van der Waals surface area contributed by atoms with Crippen molar-refractivity contribution in [2.45, 2.75) is 13.0 Å². The molecule has 0 saturated carbocycles. The van der Waals surface area contributed by atoms with Crippen molar-refractivity contribution in [2.24, 2.45) is 0 Å². The van der Waals surface area contributed by atoms with Gasteiger partial charge < -0.3 is 19.5 Å². The smallest absolute Gasteiger partial charge is 0.325 e. The molecule has 0 amide bonds. The van der Waals surface area contributed by atoms with Gasteiger partial charge in [-0.05, 0) is 36.8 Å². The fourth-order valence-electron chi connectivity index (χ4n) is 3.49. The van der Waals surface area contributed by atoms with Crippen molar-refractivity contribution >= 4 is 11.7 Å². The first-order valence-corrected chi connectivity index (χ1v) is 9.58. The van der Waals surface area contributed by atoms with Crippen LogP contribution in [-0.4, -0.2) is 62.5 Å². The molecule has 0 aromatic heterocycles. The van der Waals surface area contributed by atoms with Crippen molar-refractivity contribution in [1.29, 1.82) is 0 Å². The Morgan fingerprint density at radius 3 is 2.21 bits per heavy atom. The molecule has 6 nitrogen and oxygen atoms in total. The SMILES string of the molecule is COCCOc1ccc([C@H](C(=O)O)N2CCN(c3ccc(C)cc3)CC2)cc1. The van der Waals surface area contributed by atoms with Gasteiger partial charge in [-0.3, -0.25) is 9.69 Å². The minimum atomic E-state index is -0.822. The third kappa shape index (κ3) is 5.03. The number of benzene rings is 2. The number of methoxy groups -OCH3 is 1. The lowest BCUT2D eigenvalue weighted by atomic mass is 10.0. The number of hydrogen-bond acceptors (Lipinski definition) is 5. The van der Waals surface area contributed by atoms with E-state index in [4.69, 9.17) is 9.47 Å². The van der Waals surface area contributed by atoms with Gasteiger partial charge in [0, 0.05) is 39.0 Å². The van der Waals surface area contributed by atoms with Crippen LogP contribution in [0.3, 0.4) is 0 Å². The van der Waals surface area contributed by atoms with Crippen LogP contribution < -0.4 is 9.64 Å². The van der Waals surface area contributed by atoms with Gasteiger partial charge in [0.1, 0.15) is 18.4 Å². The molecule has 0 unspecified atom stereocenters. The largest absolute Gasteiger partial charge is 0.491 e. The van der Waals surface area contributed by atoms with Crippen LogP contribution >= 0.6 is 0 Å². The Bertz CT molecular complexity index is 753. The first kappa shape index (κ1) is 20.2. The average molecular weight is 384 g/mol. The number of nitrogens with zero attached hydrogens (tertiary/aromatic N) is 2. The minimum absolute atomic E-state index is 0.471. The van der Waals surface area contributed by atoms with E-state index < -0.39 is 12.0 Å². The number of ether oxygens (including phenoxy) is 2. The number of carboxylic acid groups (broad SMARTS) is 1. The van der Waals surface area contributed by atoms with Gasteiger partial charge in [0.15, 0.2) is 0 Å². The zero-order valence-corrected chi connectivity index (χ0v) is 16.5. The van der Waals surface area contributed by atoms with Gasteiger partial charge in [-0.1, -0.05) is 29.8 Å². The van der Waals surface area contributed by atoms with Crippen LogP contribution in [0.5, 0.6) is 5.75 Å². The first-order valence-electron chi connectivity index (χ1n) is 9.58. The molecule has 0 radical (unpaired) electrons. The highest BCUT2D eigenvalue weighted by Crippen LogP contribution is 2.26. The minimum Gasteiger partial charge on any atom is -0.491 e. The molecule has 1 aliphatic heterocycles. The third-order valence-electron chi connectivity index (χ3n) is 5.06. The van der Waals surface area contributed by atoms with E-state index >= 15 is 0 Å². The van der Waals surface area contributed by atoms with Gasteiger partial charge in [-0.2, -0.15) is 0 Å². The van der Waals surface area contributed by atoms with Crippen molar-refractivity contribution in [3.63, 3.8) is 0 Å². The predicted octanol–water partition coefficient (Wildman–Crippen LogP) is 2.97. The van der Waals surface area contributed by atoms with Crippen LogP contribution in [0.4, 0.5) is 5.69 Å². The lowest BCUT2D eigenvalue weighted by Gasteiger charge is -2.39. The van der Waals surface area contributed by atoms with E-state index in [-0.39, 0.29) is 0 Å². The second-order valence-corrected chi connectivity index (χ2v) is 7.01. The van der Waals surface area contributed by atoms with Crippen molar-refractivity contribution < 1.29 is 19.4 Å². The summed E-state index contributed by atoms with van der Waals surface area (Å²) in [6.45, 7) is 6.10. The van der Waals surface area contributed by atoms with Crippen LogP contribution in [0.25, 0.3) is 0 Å². The third-order valence-corrected chi connectivity index (χ3v) is 5.06. The molecular weight excluding hydrogens is 356 g/mol. The van der Waals surface area contributed by atoms with Crippen LogP contribution in [0.15, 0.2) is 48.5 Å². The quantitative estimate of drug-likeness (QED) is 0.706. The molecule has 2 aromatic carbocycles. The molecule has 1 aliphatic rings. The standard InChI is InChI=1S/C22H28N2O4/c1-17-3-7-19(8-4-17)23-11-13-24(14-12-23)21(22(25)26)18-5-9-20(10-6-18)28-16-15-27-2/h3-10,21H,11-16H2,1-2H3,(H,25,26)/t21-/m1/s1. The van der Waals surface area contributed by atoms with Gasteiger partial charge in [0.25, 0.3) is 0 Å². The molecule has 6 heteroatoms. The molecule has 1 fully saturated rings. The molecule has 1 atom stereocenters. The molecule has 150 valence electrons. The highest BCUT2D eigenvalue weighted by Gasteiger charge is 2.30. The zero-order chi connectivity index (χ0) is 19.9. The topological polar surface area (TPSA) is 62.2 Å². The molecule has 1 N–H and O–H groups in total. The summed E-state index contributed by atoms with van der Waals surface area (Å²) in [4.78, 5) is 16.3. The molecule has 0 spiro atoms. The fraction of sp³-hybridized carbons (Fsp3) is 0.409. The lowest BCUT2D eigenvalue weighted by molar-refractivity contribution is -0.143. The van der Waals surface area contributed by atoms with Gasteiger partial charge in [-0.15, -0.1) is 0 Å². The maximum atomic E-state index is 12.0. The Kier molecular flexibility index (Phi) is 6.90. The molecule has 3 rings (SSSR count). The number of rotatable bonds is 8. The summed E-state index contributed by atoms with van der Waals surface area (Å²) >= 11 is 0. The summed E-state index contributed by atoms with van der Waals surface area (Å²) in [6, 6.07) is 15.2. The van der Waals surface area contributed by atoms with E-state index in [0.29, 0.717) is 32.1 Å². The Morgan fingerprint density at radius 1 is 1.00 bits per heavy atom. The van der Waals surface area contributed by atoms with Gasteiger partial charge in [0.05, 0.1) is 6.61 Å². The van der Waals surface area contributed by atoms with E-state index in [9.17, 15) is 9.90 Å². The summed E-state index contributed by atoms with van der Waals surface area (Å²) in [5.74, 6) is -0.106. The molecule has 0 bridgehead atoms. The monoisotopic (exact) mass is 384 g/mol. The van der Waals surface area contributed by atoms with Crippen LogP contribution in [0.2, 0.25) is 0 Å². The number of aryl methyl sites for hydroxylation is 1. The summed E-state index contributed by atoms with van der Waals surface area (Å²) in [5.41, 5.74) is 3.20. The van der Waals surface area contributed by atoms with E-state index in [1.165, 1.54) is 11.3 Å². The first-order chi connectivity index (χ1) is 13.6. The molecule has 28 heavy (non-hydrogen) atoms. The normalized spacial score (nSPS) is 16.0. The van der Waals surface area contributed by atoms with Crippen LogP contribution in [-0.2, 0) is 9.53 Å². The van der Waals surface area contributed by atoms with Crippen molar-refractivity contribution in [2.75, 3.05) is 51.4 Å². The predicted molar refractivity (Wildman–Crippen MR) is 109 cm³/mol. The van der Waals surface area contributed by atoms with E-state index in [1.54, 1.807) is 7.11 Å². The van der Waals surface area contributed by atoms with Gasteiger partial charge >= 0.3 is 5.97 Å². The Balaban J connectivity index is 1.63. The Morgan fingerprint density at radius 2 is 1.64 bits per heavy atom. The summed E-state index contributed by atoms with van der Waals surface area (Å²) in [5, 5.41) is 9.83. The van der Waals surface area contributed by atoms with Crippen molar-refractivity contribution in [3.8, 4) is 5.75 Å². The molecule has 1 saturated heterocycles. The summed E-state index contributed by atoms with van der Waals surface area (Å²) < 4.78 is 10.5. The van der Waals surface area contributed by atoms with Crippen LogP contribution in [0, 0.1) is 6.92 Å². The van der Waals surface area contributed by atoms with Gasteiger partial charge in [0.2, 0.25) is 0 Å². The van der Waals surface area contributed by atoms with Crippen molar-refractivity contribution in [1.82, 2.24) is 4.90 Å². The highest BCUT2D eigenvalue weighted by molar-refractivity contribution is 5.75. The number of anilines is 1. The number of piperazine rings is 1. The number of hydrogen-bond donors (Lipinski definition) is 1. The number of aliphatic carboxylic acids is 1. The summed E-state index contributed by atoms with van der Waals surface area (Å²) in [6.07, 6.45) is 0. The van der Waals surface area contributed by atoms with Crippen molar-refractivity contribution in [3.05, 3.63) is 59.7 Å². The van der Waals surface area contributed by atoms with Crippen LogP contribution in [0.1, 0.15) is 17.2 Å². The number of carbonyl (C=O) groups is 1. The summed E-state index contributed by atoms with van der Waals surface area (Å²) in [7, 11) is 1.63. The fourth-order valence-corrected chi connectivity index (χ4v) is 3.49. The Hall–Kier alpha value is -2.57. The second kappa shape index (κ2) is 9.57.